The molecule has 128 valence electrons. The molecule has 9 heteroatoms. The van der Waals surface area contributed by atoms with Gasteiger partial charge in [0.1, 0.15) is 0 Å². The maximum atomic E-state index is 12.4. The lowest BCUT2D eigenvalue weighted by Crippen LogP contribution is -2.55. The van der Waals surface area contributed by atoms with Gasteiger partial charge in [-0.2, -0.15) is 17.0 Å². The monoisotopic (exact) mass is 334 g/mol. The highest BCUT2D eigenvalue weighted by molar-refractivity contribution is 7.86. The fourth-order valence-corrected chi connectivity index (χ4v) is 4.42. The number of carboxylic acid groups (broad SMARTS) is 1. The van der Waals surface area contributed by atoms with Crippen molar-refractivity contribution in [2.24, 2.45) is 0 Å². The van der Waals surface area contributed by atoms with Gasteiger partial charge in [0.15, 0.2) is 0 Å². The van der Waals surface area contributed by atoms with E-state index in [2.05, 4.69) is 4.90 Å². The molecule has 0 spiro atoms. The molecule has 1 atom stereocenters. The van der Waals surface area contributed by atoms with Crippen LogP contribution in [0.5, 0.6) is 0 Å². The second-order valence-corrected chi connectivity index (χ2v) is 8.22. The first-order valence-electron chi connectivity index (χ1n) is 7.72. The van der Waals surface area contributed by atoms with Crippen LogP contribution in [-0.2, 0) is 10.2 Å². The van der Waals surface area contributed by atoms with Crippen LogP contribution in [0.3, 0.4) is 0 Å². The predicted octanol–water partition coefficient (Wildman–Crippen LogP) is -0.0571. The number of amides is 1. The lowest BCUT2D eigenvalue weighted by atomic mass is 10.0. The van der Waals surface area contributed by atoms with Crippen LogP contribution in [0.25, 0.3) is 0 Å². The van der Waals surface area contributed by atoms with Crippen LogP contribution in [0, 0.1) is 0 Å². The average Bonchev–Trinajstić information content (AvgIpc) is 2.48. The zero-order valence-corrected chi connectivity index (χ0v) is 14.1. The van der Waals surface area contributed by atoms with E-state index in [0.717, 1.165) is 19.3 Å². The number of piperidine rings is 1. The molecular weight excluding hydrogens is 308 g/mol. The summed E-state index contributed by atoms with van der Waals surface area (Å²) in [7, 11) is -0.264. The molecule has 2 saturated heterocycles. The van der Waals surface area contributed by atoms with E-state index in [1.165, 1.54) is 9.21 Å². The van der Waals surface area contributed by atoms with Crippen LogP contribution >= 0.6 is 0 Å². The van der Waals surface area contributed by atoms with Crippen LogP contribution in [0.15, 0.2) is 0 Å². The van der Waals surface area contributed by atoms with Crippen molar-refractivity contribution in [1.82, 2.24) is 18.4 Å². The summed E-state index contributed by atoms with van der Waals surface area (Å²) in [6.07, 6.45) is 1.93. The Balaban J connectivity index is 1.97. The van der Waals surface area contributed by atoms with Crippen LogP contribution in [0.2, 0.25) is 0 Å². The minimum absolute atomic E-state index is 0.0162. The number of piperazine rings is 1. The summed E-state index contributed by atoms with van der Waals surface area (Å²) in [5.41, 5.74) is 0. The van der Waals surface area contributed by atoms with E-state index in [9.17, 15) is 13.2 Å². The molecule has 8 nitrogen and oxygen atoms in total. The lowest BCUT2D eigenvalue weighted by Gasteiger charge is -2.40. The zero-order valence-electron chi connectivity index (χ0n) is 13.3. The summed E-state index contributed by atoms with van der Waals surface area (Å²) in [5.74, 6) is 0. The minimum atomic E-state index is -3.39. The van der Waals surface area contributed by atoms with Crippen molar-refractivity contribution in [1.29, 1.82) is 0 Å². The summed E-state index contributed by atoms with van der Waals surface area (Å²) >= 11 is 0. The van der Waals surface area contributed by atoms with Gasteiger partial charge >= 0.3 is 6.09 Å². The van der Waals surface area contributed by atoms with Crippen LogP contribution < -0.4 is 0 Å². The third-order valence-electron chi connectivity index (χ3n) is 4.44. The highest BCUT2D eigenvalue weighted by atomic mass is 32.2. The molecule has 0 aromatic carbocycles. The van der Waals surface area contributed by atoms with Crippen molar-refractivity contribution in [3.63, 3.8) is 0 Å². The first-order valence-corrected chi connectivity index (χ1v) is 9.11. The van der Waals surface area contributed by atoms with Gasteiger partial charge in [-0.25, -0.2) is 4.79 Å². The Morgan fingerprint density at radius 1 is 1.14 bits per heavy atom. The Bertz CT molecular complexity index is 488. The third kappa shape index (κ3) is 3.89. The fraction of sp³-hybridized carbons (Fsp3) is 0.923. The van der Waals surface area contributed by atoms with Gasteiger partial charge in [0.2, 0.25) is 0 Å². The quantitative estimate of drug-likeness (QED) is 0.779. The maximum Gasteiger partial charge on any atom is 0.407 e. The standard InChI is InChI=1S/C13H26N4O4S/c1-14(2)22(20,21)17-6-4-3-5-12(17)11-15-7-9-16(10-8-15)13(18)19/h12H,3-11H2,1-2H3,(H,18,19). The van der Waals surface area contributed by atoms with Crippen molar-refractivity contribution >= 4 is 16.3 Å². The topological polar surface area (TPSA) is 84.4 Å². The van der Waals surface area contributed by atoms with Gasteiger partial charge < -0.3 is 10.0 Å². The molecule has 0 saturated carbocycles. The molecule has 0 bridgehead atoms. The summed E-state index contributed by atoms with van der Waals surface area (Å²) in [6.45, 7) is 3.56. The molecule has 2 rings (SSSR count). The first kappa shape index (κ1) is 17.5. The average molecular weight is 334 g/mol. The van der Waals surface area contributed by atoms with Gasteiger partial charge in [-0.1, -0.05) is 6.42 Å². The van der Waals surface area contributed by atoms with E-state index in [1.54, 1.807) is 18.4 Å². The smallest absolute Gasteiger partial charge is 0.407 e. The normalized spacial score (nSPS) is 25.6. The molecule has 2 aliphatic rings. The Hall–Kier alpha value is -0.900. The Morgan fingerprint density at radius 2 is 1.77 bits per heavy atom. The molecule has 0 aromatic rings. The largest absolute Gasteiger partial charge is 0.465 e. The Labute approximate surface area is 132 Å². The highest BCUT2D eigenvalue weighted by Gasteiger charge is 2.35. The SMILES string of the molecule is CN(C)S(=O)(=O)N1CCCCC1CN1CCN(C(=O)O)CC1. The Kier molecular flexibility index (Phi) is 5.65. The molecule has 1 N–H and O–H groups in total. The van der Waals surface area contributed by atoms with E-state index in [-0.39, 0.29) is 6.04 Å². The molecule has 2 fully saturated rings. The summed E-state index contributed by atoms with van der Waals surface area (Å²) < 4.78 is 27.7. The lowest BCUT2D eigenvalue weighted by molar-refractivity contribution is 0.0894. The van der Waals surface area contributed by atoms with Crippen LogP contribution in [-0.4, -0.2) is 97.4 Å². The van der Waals surface area contributed by atoms with Gasteiger partial charge in [-0.3, -0.25) is 4.90 Å². The van der Waals surface area contributed by atoms with Crippen LogP contribution in [0.4, 0.5) is 4.79 Å². The molecular formula is C13H26N4O4S. The second-order valence-electron chi connectivity index (χ2n) is 6.12. The number of nitrogens with zero attached hydrogens (tertiary/aromatic N) is 4. The zero-order chi connectivity index (χ0) is 16.3. The third-order valence-corrected chi connectivity index (χ3v) is 6.44. The van der Waals surface area contributed by atoms with E-state index in [4.69, 9.17) is 5.11 Å². The van der Waals surface area contributed by atoms with Crippen molar-refractivity contribution in [2.75, 3.05) is 53.4 Å². The number of rotatable bonds is 4. The molecule has 2 heterocycles. The molecule has 2 aliphatic heterocycles. The summed E-state index contributed by atoms with van der Waals surface area (Å²) in [4.78, 5) is 14.5. The number of hydrogen-bond acceptors (Lipinski definition) is 4. The molecule has 1 unspecified atom stereocenters. The molecule has 0 aliphatic carbocycles. The van der Waals surface area contributed by atoms with Crippen molar-refractivity contribution < 1.29 is 18.3 Å². The molecule has 22 heavy (non-hydrogen) atoms. The van der Waals surface area contributed by atoms with Gasteiger partial charge in [0, 0.05) is 59.4 Å². The van der Waals surface area contributed by atoms with Crippen molar-refractivity contribution in [3.8, 4) is 0 Å². The van der Waals surface area contributed by atoms with E-state index < -0.39 is 16.3 Å². The van der Waals surface area contributed by atoms with E-state index >= 15 is 0 Å². The maximum absolute atomic E-state index is 12.4. The van der Waals surface area contributed by atoms with Crippen molar-refractivity contribution in [3.05, 3.63) is 0 Å². The van der Waals surface area contributed by atoms with E-state index in [1.807, 2.05) is 0 Å². The Morgan fingerprint density at radius 3 is 2.32 bits per heavy atom. The summed E-state index contributed by atoms with van der Waals surface area (Å²) in [5, 5.41) is 8.97. The highest BCUT2D eigenvalue weighted by Crippen LogP contribution is 2.22. The molecule has 0 aromatic heterocycles. The van der Waals surface area contributed by atoms with Gasteiger partial charge in [0.25, 0.3) is 10.2 Å². The number of carbonyl (C=O) groups is 1. The van der Waals surface area contributed by atoms with E-state index in [0.29, 0.717) is 39.3 Å². The first-order chi connectivity index (χ1) is 10.3. The van der Waals surface area contributed by atoms with Gasteiger partial charge in [-0.05, 0) is 12.8 Å². The van der Waals surface area contributed by atoms with Gasteiger partial charge in [-0.15, -0.1) is 0 Å². The van der Waals surface area contributed by atoms with Gasteiger partial charge in [0.05, 0.1) is 0 Å². The van der Waals surface area contributed by atoms with Crippen LogP contribution in [0.1, 0.15) is 19.3 Å². The fourth-order valence-electron chi connectivity index (χ4n) is 3.09. The molecule has 0 radical (unpaired) electrons. The second kappa shape index (κ2) is 7.12. The number of hydrogen-bond donors (Lipinski definition) is 1. The molecule has 1 amide bonds. The summed E-state index contributed by atoms with van der Waals surface area (Å²) in [6, 6.07) is -0.0162. The predicted molar refractivity (Wildman–Crippen MR) is 83.0 cm³/mol. The minimum Gasteiger partial charge on any atom is -0.465 e. The van der Waals surface area contributed by atoms with Crippen molar-refractivity contribution in [2.45, 2.75) is 25.3 Å².